The van der Waals surface area contributed by atoms with Crippen molar-refractivity contribution in [1.29, 1.82) is 0 Å². The second-order valence-electron chi connectivity index (χ2n) is 5.53. The molecular weight excluding hydrogens is 326 g/mol. The Labute approximate surface area is 143 Å². The highest BCUT2D eigenvalue weighted by Crippen LogP contribution is 2.20. The van der Waals surface area contributed by atoms with Crippen molar-refractivity contribution in [2.24, 2.45) is 0 Å². The summed E-state index contributed by atoms with van der Waals surface area (Å²) in [6.45, 7) is 3.99. The summed E-state index contributed by atoms with van der Waals surface area (Å²) in [4.78, 5) is 14.0. The van der Waals surface area contributed by atoms with Crippen molar-refractivity contribution in [3.05, 3.63) is 71.6 Å². The van der Waals surface area contributed by atoms with E-state index in [4.69, 9.17) is 0 Å². The van der Waals surface area contributed by atoms with Crippen LogP contribution in [0.15, 0.2) is 48.7 Å². The standard InChI is InChI=1S/C18H16F2N4O/c1-3-23(14-8-9-15(19)16(20)10-14)18(25)17-11-24(22-21-17)13-6-4-12(2)5-7-13/h4-11H,3H2,1-2H3. The van der Waals surface area contributed by atoms with Gasteiger partial charge in [-0.1, -0.05) is 22.9 Å². The molecule has 0 spiro atoms. The average Bonchev–Trinajstić information content (AvgIpc) is 3.09. The molecule has 3 rings (SSSR count). The van der Waals surface area contributed by atoms with Gasteiger partial charge >= 0.3 is 0 Å². The second-order valence-corrected chi connectivity index (χ2v) is 5.53. The Morgan fingerprint density at radius 3 is 2.48 bits per heavy atom. The fourth-order valence-corrected chi connectivity index (χ4v) is 2.42. The van der Waals surface area contributed by atoms with Crippen LogP contribution in [-0.4, -0.2) is 27.4 Å². The lowest BCUT2D eigenvalue weighted by molar-refractivity contribution is 0.0983. The van der Waals surface area contributed by atoms with Crippen molar-refractivity contribution < 1.29 is 13.6 Å². The van der Waals surface area contributed by atoms with Crippen LogP contribution >= 0.6 is 0 Å². The first-order valence-electron chi connectivity index (χ1n) is 7.76. The van der Waals surface area contributed by atoms with Gasteiger partial charge in [0.1, 0.15) is 0 Å². The molecule has 0 saturated heterocycles. The average molecular weight is 342 g/mol. The van der Waals surface area contributed by atoms with Crippen LogP contribution in [-0.2, 0) is 0 Å². The smallest absolute Gasteiger partial charge is 0.280 e. The zero-order chi connectivity index (χ0) is 18.0. The molecule has 0 aliphatic rings. The number of carbonyl (C=O) groups excluding carboxylic acids is 1. The van der Waals surface area contributed by atoms with Gasteiger partial charge in [0.05, 0.1) is 11.9 Å². The van der Waals surface area contributed by atoms with Crippen LogP contribution in [0.4, 0.5) is 14.5 Å². The summed E-state index contributed by atoms with van der Waals surface area (Å²) < 4.78 is 28.1. The Kier molecular flexibility index (Phi) is 4.56. The molecule has 0 unspecified atom stereocenters. The first-order chi connectivity index (χ1) is 12.0. The van der Waals surface area contributed by atoms with Crippen molar-refractivity contribution in [3.63, 3.8) is 0 Å². The molecule has 1 amide bonds. The summed E-state index contributed by atoms with van der Waals surface area (Å²) in [5, 5.41) is 7.87. The lowest BCUT2D eigenvalue weighted by atomic mass is 10.2. The number of amides is 1. The molecule has 1 aromatic heterocycles. The van der Waals surface area contributed by atoms with Crippen LogP contribution in [0.25, 0.3) is 5.69 Å². The van der Waals surface area contributed by atoms with Gasteiger partial charge in [-0.15, -0.1) is 5.10 Å². The molecule has 0 atom stereocenters. The van der Waals surface area contributed by atoms with Crippen LogP contribution < -0.4 is 4.90 Å². The third-order valence-electron chi connectivity index (χ3n) is 3.79. The molecule has 0 radical (unpaired) electrons. The van der Waals surface area contributed by atoms with E-state index < -0.39 is 17.5 Å². The highest BCUT2D eigenvalue weighted by Gasteiger charge is 2.20. The summed E-state index contributed by atoms with van der Waals surface area (Å²) in [5.74, 6) is -2.41. The number of aryl methyl sites for hydroxylation is 1. The van der Waals surface area contributed by atoms with Gasteiger partial charge in [0, 0.05) is 18.3 Å². The number of nitrogens with zero attached hydrogens (tertiary/aromatic N) is 4. The Hall–Kier alpha value is -3.09. The van der Waals surface area contributed by atoms with Gasteiger partial charge in [-0.05, 0) is 38.1 Å². The molecule has 0 aliphatic heterocycles. The van der Waals surface area contributed by atoms with Crippen LogP contribution in [0.2, 0.25) is 0 Å². The van der Waals surface area contributed by atoms with E-state index >= 15 is 0 Å². The molecule has 0 N–H and O–H groups in total. The lowest BCUT2D eigenvalue weighted by Gasteiger charge is -2.19. The molecule has 0 aliphatic carbocycles. The van der Waals surface area contributed by atoms with E-state index in [0.29, 0.717) is 0 Å². The molecule has 0 fully saturated rings. The third-order valence-corrected chi connectivity index (χ3v) is 3.79. The highest BCUT2D eigenvalue weighted by molar-refractivity contribution is 6.04. The maximum atomic E-state index is 13.5. The minimum absolute atomic E-state index is 0.118. The maximum Gasteiger partial charge on any atom is 0.280 e. The SMILES string of the molecule is CCN(C(=O)c1cn(-c2ccc(C)cc2)nn1)c1ccc(F)c(F)c1. The van der Waals surface area contributed by atoms with E-state index in [1.54, 1.807) is 6.92 Å². The van der Waals surface area contributed by atoms with Crippen LogP contribution in [0.3, 0.4) is 0 Å². The van der Waals surface area contributed by atoms with Crippen molar-refractivity contribution in [2.45, 2.75) is 13.8 Å². The Balaban J connectivity index is 1.88. The number of halogens is 2. The molecule has 3 aromatic rings. The molecule has 0 bridgehead atoms. The van der Waals surface area contributed by atoms with E-state index in [1.807, 2.05) is 31.2 Å². The van der Waals surface area contributed by atoms with Gasteiger partial charge in [0.25, 0.3) is 5.91 Å². The van der Waals surface area contributed by atoms with Gasteiger partial charge in [-0.3, -0.25) is 4.79 Å². The highest BCUT2D eigenvalue weighted by atomic mass is 19.2. The van der Waals surface area contributed by atoms with E-state index in [9.17, 15) is 13.6 Å². The predicted octanol–water partition coefficient (Wildman–Crippen LogP) is 3.52. The largest absolute Gasteiger partial charge is 0.307 e. The fraction of sp³-hybridized carbons (Fsp3) is 0.167. The number of carbonyl (C=O) groups is 1. The van der Waals surface area contributed by atoms with Gasteiger partial charge in [0.15, 0.2) is 17.3 Å². The van der Waals surface area contributed by atoms with E-state index in [0.717, 1.165) is 23.4 Å². The van der Waals surface area contributed by atoms with Crippen LogP contribution in [0, 0.1) is 18.6 Å². The quantitative estimate of drug-likeness (QED) is 0.729. The number of aromatic nitrogens is 3. The number of hydrogen-bond donors (Lipinski definition) is 0. The number of rotatable bonds is 4. The molecule has 0 saturated carbocycles. The normalized spacial score (nSPS) is 10.7. The van der Waals surface area contributed by atoms with Crippen molar-refractivity contribution in [2.75, 3.05) is 11.4 Å². The monoisotopic (exact) mass is 342 g/mol. The molecule has 128 valence electrons. The van der Waals surface area contributed by atoms with Crippen molar-refractivity contribution in [3.8, 4) is 5.69 Å². The molecule has 5 nitrogen and oxygen atoms in total. The summed E-state index contributed by atoms with van der Waals surface area (Å²) in [5.41, 5.74) is 2.26. The summed E-state index contributed by atoms with van der Waals surface area (Å²) in [6.07, 6.45) is 1.51. The minimum atomic E-state index is -1.01. The van der Waals surface area contributed by atoms with Gasteiger partial charge in [-0.25, -0.2) is 13.5 Å². The van der Waals surface area contributed by atoms with E-state index in [1.165, 1.54) is 21.8 Å². The zero-order valence-corrected chi connectivity index (χ0v) is 13.8. The molecule has 1 heterocycles. The summed E-state index contributed by atoms with van der Waals surface area (Å²) in [7, 11) is 0. The van der Waals surface area contributed by atoms with Crippen LogP contribution in [0.1, 0.15) is 23.0 Å². The van der Waals surface area contributed by atoms with E-state index in [2.05, 4.69) is 10.3 Å². The number of benzene rings is 2. The van der Waals surface area contributed by atoms with Gasteiger partial charge in [0.2, 0.25) is 0 Å². The maximum absolute atomic E-state index is 13.5. The topological polar surface area (TPSA) is 51.0 Å². The molecule has 7 heteroatoms. The number of anilines is 1. The Bertz CT molecular complexity index is 906. The second kappa shape index (κ2) is 6.80. The first-order valence-corrected chi connectivity index (χ1v) is 7.76. The summed E-state index contributed by atoms with van der Waals surface area (Å²) >= 11 is 0. The van der Waals surface area contributed by atoms with Crippen molar-refractivity contribution >= 4 is 11.6 Å². The Morgan fingerprint density at radius 2 is 1.84 bits per heavy atom. The fourth-order valence-electron chi connectivity index (χ4n) is 2.42. The summed E-state index contributed by atoms with van der Waals surface area (Å²) in [6, 6.07) is 10.9. The van der Waals surface area contributed by atoms with Crippen molar-refractivity contribution in [1.82, 2.24) is 15.0 Å². The predicted molar refractivity (Wildman–Crippen MR) is 89.8 cm³/mol. The molecule has 2 aromatic carbocycles. The van der Waals surface area contributed by atoms with E-state index in [-0.39, 0.29) is 17.9 Å². The molecular formula is C18H16F2N4O. The number of hydrogen-bond acceptors (Lipinski definition) is 3. The third kappa shape index (κ3) is 3.40. The Morgan fingerprint density at radius 1 is 1.12 bits per heavy atom. The zero-order valence-electron chi connectivity index (χ0n) is 13.8. The lowest BCUT2D eigenvalue weighted by Crippen LogP contribution is -2.31. The van der Waals surface area contributed by atoms with Gasteiger partial charge < -0.3 is 4.90 Å². The van der Waals surface area contributed by atoms with Crippen LogP contribution in [0.5, 0.6) is 0 Å². The minimum Gasteiger partial charge on any atom is -0.307 e. The first kappa shape index (κ1) is 16.8. The molecule has 25 heavy (non-hydrogen) atoms. The van der Waals surface area contributed by atoms with Gasteiger partial charge in [-0.2, -0.15) is 0 Å².